The van der Waals surface area contributed by atoms with Crippen molar-refractivity contribution in [2.45, 2.75) is 44.8 Å². The molecule has 2 N–H and O–H groups in total. The third-order valence-corrected chi connectivity index (χ3v) is 6.51. The van der Waals surface area contributed by atoms with E-state index in [0.717, 1.165) is 12.1 Å². The summed E-state index contributed by atoms with van der Waals surface area (Å²) in [6.07, 6.45) is 9.62. The smallest absolute Gasteiger partial charge is 0.264 e. The highest BCUT2D eigenvalue weighted by Gasteiger charge is 2.52. The molecule has 0 bridgehead atoms. The fraction of sp³-hybridized carbons (Fsp3) is 0.440. The van der Waals surface area contributed by atoms with Crippen LogP contribution in [0.5, 0.6) is 0 Å². The predicted octanol–water partition coefficient (Wildman–Crippen LogP) is 1.94. The molecular formula is C25H31N5O4. The number of aryl methyl sites for hydroxylation is 1. The van der Waals surface area contributed by atoms with Gasteiger partial charge in [-0.2, -0.15) is 0 Å². The van der Waals surface area contributed by atoms with Crippen LogP contribution in [0.25, 0.3) is 0 Å². The summed E-state index contributed by atoms with van der Waals surface area (Å²) in [5.41, 5.74) is 0.849. The van der Waals surface area contributed by atoms with E-state index in [4.69, 9.17) is 5.11 Å². The van der Waals surface area contributed by atoms with Crippen LogP contribution in [0.1, 0.15) is 37.4 Å². The van der Waals surface area contributed by atoms with E-state index in [9.17, 15) is 14.7 Å². The van der Waals surface area contributed by atoms with Gasteiger partial charge in [-0.3, -0.25) is 14.3 Å². The van der Waals surface area contributed by atoms with E-state index < -0.39 is 17.4 Å². The lowest BCUT2D eigenvalue weighted by molar-refractivity contribution is -0.139. The van der Waals surface area contributed by atoms with E-state index in [1.807, 2.05) is 25.1 Å². The van der Waals surface area contributed by atoms with Crippen molar-refractivity contribution < 1.29 is 19.8 Å². The Morgan fingerprint density at radius 2 is 2.15 bits per heavy atom. The molecule has 9 heteroatoms. The van der Waals surface area contributed by atoms with Gasteiger partial charge in [-0.1, -0.05) is 30.4 Å². The van der Waals surface area contributed by atoms with E-state index in [2.05, 4.69) is 16.9 Å². The third kappa shape index (κ3) is 4.28. The second kappa shape index (κ2) is 9.90. The number of hydrogen-bond acceptors (Lipinski definition) is 6. The number of fused-ring (bicyclic) bond motifs is 1. The van der Waals surface area contributed by atoms with E-state index in [-0.39, 0.29) is 19.1 Å². The van der Waals surface area contributed by atoms with Gasteiger partial charge in [0.15, 0.2) is 5.60 Å². The number of aliphatic hydroxyl groups excluding tert-OH is 1. The second-order valence-electron chi connectivity index (χ2n) is 8.77. The van der Waals surface area contributed by atoms with Crippen LogP contribution in [-0.2, 0) is 28.2 Å². The summed E-state index contributed by atoms with van der Waals surface area (Å²) >= 11 is 0. The molecule has 4 rings (SSSR count). The van der Waals surface area contributed by atoms with E-state index in [1.165, 1.54) is 0 Å². The Morgan fingerprint density at radius 3 is 2.85 bits per heavy atom. The minimum Gasteiger partial charge on any atom is -0.396 e. The van der Waals surface area contributed by atoms with Gasteiger partial charge < -0.3 is 20.0 Å². The molecule has 9 nitrogen and oxygen atoms in total. The highest BCUT2D eigenvalue weighted by molar-refractivity contribution is 6.08. The van der Waals surface area contributed by atoms with Crippen LogP contribution in [0.4, 0.5) is 11.4 Å². The molecule has 34 heavy (non-hydrogen) atoms. The van der Waals surface area contributed by atoms with Crippen molar-refractivity contribution in [1.82, 2.24) is 15.0 Å². The Kier molecular flexibility index (Phi) is 6.95. The molecule has 3 heterocycles. The average Bonchev–Trinajstić information content (AvgIpc) is 3.52. The number of benzene rings is 1. The molecule has 0 saturated carbocycles. The SMILES string of the molecule is C=CCN1C(=O)[C@@](O)([C@@H](C)/C=C/CCn2cc(CCO)nn2)c2cc(N3CCCC3=O)ccc21. The first-order valence-electron chi connectivity index (χ1n) is 11.7. The lowest BCUT2D eigenvalue weighted by atomic mass is 9.82. The van der Waals surface area contributed by atoms with Crippen molar-refractivity contribution in [3.8, 4) is 0 Å². The van der Waals surface area contributed by atoms with E-state index >= 15 is 0 Å². The largest absolute Gasteiger partial charge is 0.396 e. The number of nitrogens with zero attached hydrogens (tertiary/aromatic N) is 5. The monoisotopic (exact) mass is 465 g/mol. The minimum absolute atomic E-state index is 0.0285. The van der Waals surface area contributed by atoms with Gasteiger partial charge in [0.05, 0.1) is 11.4 Å². The topological polar surface area (TPSA) is 112 Å². The molecule has 0 unspecified atom stereocenters. The van der Waals surface area contributed by atoms with Crippen LogP contribution >= 0.6 is 0 Å². The van der Waals surface area contributed by atoms with Gasteiger partial charge in [0.1, 0.15) is 0 Å². The molecular weight excluding hydrogens is 434 g/mol. The number of carbonyl (C=O) groups excluding carboxylic acids is 2. The Morgan fingerprint density at radius 1 is 1.32 bits per heavy atom. The summed E-state index contributed by atoms with van der Waals surface area (Å²) in [6.45, 7) is 7.11. The number of amides is 2. The van der Waals surface area contributed by atoms with Crippen LogP contribution in [0.15, 0.2) is 49.2 Å². The molecule has 2 amide bonds. The Balaban J connectivity index is 1.55. The van der Waals surface area contributed by atoms with E-state index in [1.54, 1.807) is 38.9 Å². The van der Waals surface area contributed by atoms with Crippen molar-refractivity contribution in [2.24, 2.45) is 5.92 Å². The number of aromatic nitrogens is 3. The number of anilines is 2. The van der Waals surface area contributed by atoms with E-state index in [0.29, 0.717) is 49.3 Å². The molecule has 1 fully saturated rings. The minimum atomic E-state index is -1.74. The van der Waals surface area contributed by atoms with Crippen LogP contribution in [0.2, 0.25) is 0 Å². The van der Waals surface area contributed by atoms with Crippen molar-refractivity contribution in [2.75, 3.05) is 29.5 Å². The molecule has 2 aliphatic rings. The van der Waals surface area contributed by atoms with Crippen LogP contribution in [0.3, 0.4) is 0 Å². The maximum atomic E-state index is 13.4. The van der Waals surface area contributed by atoms with Gasteiger partial charge >= 0.3 is 0 Å². The van der Waals surface area contributed by atoms with Gasteiger partial charge in [0, 0.05) is 62.4 Å². The maximum Gasteiger partial charge on any atom is 0.264 e. The molecule has 0 spiro atoms. The van der Waals surface area contributed by atoms with Gasteiger partial charge in [0.25, 0.3) is 5.91 Å². The lowest BCUT2D eigenvalue weighted by Gasteiger charge is -2.28. The lowest BCUT2D eigenvalue weighted by Crippen LogP contribution is -2.44. The van der Waals surface area contributed by atoms with Crippen LogP contribution in [-0.4, -0.2) is 56.7 Å². The van der Waals surface area contributed by atoms with Gasteiger partial charge in [-0.15, -0.1) is 11.7 Å². The summed E-state index contributed by atoms with van der Waals surface area (Å²) in [5.74, 6) is -0.841. The van der Waals surface area contributed by atoms with Gasteiger partial charge in [-0.05, 0) is 31.0 Å². The first kappa shape index (κ1) is 23.8. The summed E-state index contributed by atoms with van der Waals surface area (Å²) < 4.78 is 1.70. The first-order chi connectivity index (χ1) is 16.4. The van der Waals surface area contributed by atoms with Gasteiger partial charge in [-0.25, -0.2) is 0 Å². The summed E-state index contributed by atoms with van der Waals surface area (Å²) in [7, 11) is 0. The number of allylic oxidation sites excluding steroid dienone is 1. The average molecular weight is 466 g/mol. The molecule has 1 aromatic carbocycles. The highest BCUT2D eigenvalue weighted by Crippen LogP contribution is 2.46. The Bertz CT molecular complexity index is 1110. The fourth-order valence-electron chi connectivity index (χ4n) is 4.66. The quantitative estimate of drug-likeness (QED) is 0.519. The summed E-state index contributed by atoms with van der Waals surface area (Å²) in [5, 5.41) is 28.8. The molecule has 2 atom stereocenters. The number of carbonyl (C=O) groups is 2. The van der Waals surface area contributed by atoms with Crippen molar-refractivity contribution >= 4 is 23.2 Å². The zero-order chi connectivity index (χ0) is 24.3. The zero-order valence-corrected chi connectivity index (χ0v) is 19.4. The fourth-order valence-corrected chi connectivity index (χ4v) is 4.66. The van der Waals surface area contributed by atoms with Crippen LogP contribution in [0, 0.1) is 5.92 Å². The van der Waals surface area contributed by atoms with Crippen molar-refractivity contribution in [3.63, 3.8) is 0 Å². The number of aliphatic hydroxyl groups is 2. The molecule has 0 radical (unpaired) electrons. The summed E-state index contributed by atoms with van der Waals surface area (Å²) in [4.78, 5) is 28.9. The molecule has 2 aromatic rings. The second-order valence-corrected chi connectivity index (χ2v) is 8.77. The Labute approximate surface area is 199 Å². The first-order valence-corrected chi connectivity index (χ1v) is 11.7. The molecule has 1 saturated heterocycles. The summed E-state index contributed by atoms with van der Waals surface area (Å²) in [6, 6.07) is 5.42. The highest BCUT2D eigenvalue weighted by atomic mass is 16.3. The molecule has 1 aromatic heterocycles. The van der Waals surface area contributed by atoms with Gasteiger partial charge in [0.2, 0.25) is 5.91 Å². The predicted molar refractivity (Wildman–Crippen MR) is 128 cm³/mol. The number of hydrogen-bond donors (Lipinski definition) is 2. The van der Waals surface area contributed by atoms with Crippen LogP contribution < -0.4 is 9.80 Å². The van der Waals surface area contributed by atoms with Crippen molar-refractivity contribution in [3.05, 3.63) is 60.5 Å². The maximum absolute atomic E-state index is 13.4. The molecule has 2 aliphatic heterocycles. The Hall–Kier alpha value is -3.30. The normalized spacial score (nSPS) is 21.0. The van der Waals surface area contributed by atoms with Crippen molar-refractivity contribution in [1.29, 1.82) is 0 Å². The zero-order valence-electron chi connectivity index (χ0n) is 19.4. The molecule has 0 aliphatic carbocycles. The number of rotatable bonds is 10. The third-order valence-electron chi connectivity index (χ3n) is 6.51. The standard InChI is InChI=1S/C25H31N5O4/c1-3-12-30-22-10-9-20(29-14-6-8-23(29)32)16-21(22)25(34,24(30)33)18(2)7-4-5-13-28-17-19(11-15-31)26-27-28/h3-4,7,9-10,16-18,31,34H,1,5-6,8,11-15H2,2H3/b7-4+/t18-,25+/m0/s1. The molecule has 180 valence electrons.